The van der Waals surface area contributed by atoms with Crippen molar-refractivity contribution in [2.75, 3.05) is 19.0 Å². The van der Waals surface area contributed by atoms with E-state index >= 15 is 0 Å². The Morgan fingerprint density at radius 1 is 1.24 bits per heavy atom. The van der Waals surface area contributed by atoms with Gasteiger partial charge in [0.05, 0.1) is 22.3 Å². The maximum atomic E-state index is 12.3. The fourth-order valence-corrected chi connectivity index (χ4v) is 3.30. The first kappa shape index (κ1) is 15.8. The molecule has 21 heavy (non-hydrogen) atoms. The highest BCUT2D eigenvalue weighted by Gasteiger charge is 2.17. The van der Waals surface area contributed by atoms with Crippen LogP contribution in [0.15, 0.2) is 23.1 Å². The minimum Gasteiger partial charge on any atom is -0.486 e. The maximum absolute atomic E-state index is 12.3. The fraction of sp³-hybridized carbons (Fsp3) is 0.562. The molecule has 0 saturated carbocycles. The van der Waals surface area contributed by atoms with Crippen molar-refractivity contribution in [3.05, 3.63) is 18.2 Å². The van der Waals surface area contributed by atoms with E-state index in [-0.39, 0.29) is 5.41 Å². The molecule has 0 fully saturated rings. The summed E-state index contributed by atoms with van der Waals surface area (Å²) in [6, 6.07) is 7.75. The summed E-state index contributed by atoms with van der Waals surface area (Å²) in [6.45, 7) is 4.96. The second kappa shape index (κ2) is 6.95. The smallest absolute Gasteiger partial charge is 0.162 e. The summed E-state index contributed by atoms with van der Waals surface area (Å²) in [5.74, 6) is 2.01. The van der Waals surface area contributed by atoms with Gasteiger partial charge < -0.3 is 9.47 Å². The van der Waals surface area contributed by atoms with Gasteiger partial charge in [0.15, 0.2) is 11.5 Å². The molecule has 1 aliphatic rings. The van der Waals surface area contributed by atoms with Gasteiger partial charge in [-0.1, -0.05) is 6.42 Å². The van der Waals surface area contributed by atoms with Crippen molar-refractivity contribution in [2.24, 2.45) is 5.41 Å². The minimum atomic E-state index is -1.03. The van der Waals surface area contributed by atoms with Crippen LogP contribution in [0, 0.1) is 16.7 Å². The number of hydrogen-bond donors (Lipinski definition) is 0. The van der Waals surface area contributed by atoms with E-state index in [0.29, 0.717) is 24.7 Å². The molecule has 1 heterocycles. The number of nitrogens with zero attached hydrogens (tertiary/aromatic N) is 1. The van der Waals surface area contributed by atoms with Crippen LogP contribution in [0.5, 0.6) is 11.5 Å². The van der Waals surface area contributed by atoms with Crippen LogP contribution in [-0.4, -0.2) is 23.2 Å². The Bertz CT molecular complexity index is 563. The first-order valence-corrected chi connectivity index (χ1v) is 8.53. The number of nitriles is 1. The fourth-order valence-electron chi connectivity index (χ4n) is 2.14. The van der Waals surface area contributed by atoms with Gasteiger partial charge in [-0.05, 0) is 38.8 Å². The molecule has 4 nitrogen and oxygen atoms in total. The largest absolute Gasteiger partial charge is 0.486 e. The summed E-state index contributed by atoms with van der Waals surface area (Å²) < 4.78 is 23.2. The maximum Gasteiger partial charge on any atom is 0.162 e. The Morgan fingerprint density at radius 2 is 1.95 bits per heavy atom. The molecule has 114 valence electrons. The summed E-state index contributed by atoms with van der Waals surface area (Å²) in [7, 11) is -1.03. The molecule has 2 rings (SSSR count). The van der Waals surface area contributed by atoms with Gasteiger partial charge in [-0.25, -0.2) is 0 Å². The molecular formula is C16H21NO3S. The van der Waals surface area contributed by atoms with Crippen molar-refractivity contribution in [1.82, 2.24) is 0 Å². The lowest BCUT2D eigenvalue weighted by molar-refractivity contribution is 0.171. The lowest BCUT2D eigenvalue weighted by Gasteiger charge is -2.18. The van der Waals surface area contributed by atoms with Crippen LogP contribution < -0.4 is 9.47 Å². The standard InChI is InChI=1S/C16H21NO3S/c1-16(2,12-17)7-3-4-10-21(18)13-5-6-14-15(11-13)20-9-8-19-14/h5-6,11H,3-4,7-10H2,1-2H3. The molecule has 0 saturated heterocycles. The molecule has 0 amide bonds. The number of ether oxygens (including phenoxy) is 2. The predicted octanol–water partition coefficient (Wildman–Crippen LogP) is 3.29. The number of rotatable bonds is 6. The van der Waals surface area contributed by atoms with Gasteiger partial charge in [-0.2, -0.15) is 5.26 Å². The van der Waals surface area contributed by atoms with Crippen molar-refractivity contribution in [2.45, 2.75) is 38.0 Å². The van der Waals surface area contributed by atoms with Crippen LogP contribution in [0.25, 0.3) is 0 Å². The molecular weight excluding hydrogens is 286 g/mol. The highest BCUT2D eigenvalue weighted by molar-refractivity contribution is 7.85. The minimum absolute atomic E-state index is 0.293. The van der Waals surface area contributed by atoms with E-state index in [9.17, 15) is 4.21 Å². The predicted molar refractivity (Wildman–Crippen MR) is 82.0 cm³/mol. The average Bonchev–Trinajstić information content (AvgIpc) is 2.51. The molecule has 0 radical (unpaired) electrons. The van der Waals surface area contributed by atoms with Crippen LogP contribution in [0.4, 0.5) is 0 Å². The van der Waals surface area contributed by atoms with Crippen LogP contribution in [0.3, 0.4) is 0 Å². The topological polar surface area (TPSA) is 59.3 Å². The molecule has 1 atom stereocenters. The van der Waals surface area contributed by atoms with Crippen LogP contribution in [-0.2, 0) is 10.8 Å². The summed E-state index contributed by atoms with van der Waals surface area (Å²) in [6.07, 6.45) is 2.60. The Kier molecular flexibility index (Phi) is 5.24. The Labute approximate surface area is 128 Å². The van der Waals surface area contributed by atoms with Crippen molar-refractivity contribution in [3.63, 3.8) is 0 Å². The second-order valence-electron chi connectivity index (χ2n) is 5.81. The summed E-state index contributed by atoms with van der Waals surface area (Å²) in [4.78, 5) is 0.777. The quantitative estimate of drug-likeness (QED) is 0.757. The summed E-state index contributed by atoms with van der Waals surface area (Å²) in [5.41, 5.74) is -0.293. The van der Waals surface area contributed by atoms with Gasteiger partial charge in [0, 0.05) is 16.7 Å². The van der Waals surface area contributed by atoms with E-state index in [4.69, 9.17) is 14.7 Å². The molecule has 1 unspecified atom stereocenters. The molecule has 0 bridgehead atoms. The SMILES string of the molecule is CC(C)(C#N)CCCCS(=O)c1ccc2c(c1)OCCO2. The number of fused-ring (bicyclic) bond motifs is 1. The molecule has 1 aliphatic heterocycles. The van der Waals surface area contributed by atoms with Crippen LogP contribution >= 0.6 is 0 Å². The molecule has 5 heteroatoms. The van der Waals surface area contributed by atoms with Gasteiger partial charge in [-0.15, -0.1) is 0 Å². The third-order valence-electron chi connectivity index (χ3n) is 3.46. The van der Waals surface area contributed by atoms with Crippen molar-refractivity contribution in [3.8, 4) is 17.6 Å². The van der Waals surface area contributed by atoms with Gasteiger partial charge in [0.1, 0.15) is 13.2 Å². The second-order valence-corrected chi connectivity index (χ2v) is 7.38. The molecule has 0 spiro atoms. The molecule has 0 N–H and O–H groups in total. The Hall–Kier alpha value is -1.54. The monoisotopic (exact) mass is 307 g/mol. The van der Waals surface area contributed by atoms with E-state index in [0.717, 1.165) is 29.9 Å². The first-order valence-electron chi connectivity index (χ1n) is 7.21. The highest BCUT2D eigenvalue weighted by Crippen LogP contribution is 2.32. The van der Waals surface area contributed by atoms with Crippen molar-refractivity contribution >= 4 is 10.8 Å². The zero-order valence-corrected chi connectivity index (χ0v) is 13.4. The number of benzene rings is 1. The van der Waals surface area contributed by atoms with Crippen molar-refractivity contribution < 1.29 is 13.7 Å². The van der Waals surface area contributed by atoms with Gasteiger partial charge in [-0.3, -0.25) is 4.21 Å². The van der Waals surface area contributed by atoms with E-state index < -0.39 is 10.8 Å². The lowest BCUT2D eigenvalue weighted by Crippen LogP contribution is -2.15. The molecule has 1 aromatic rings. The average molecular weight is 307 g/mol. The molecule has 0 aliphatic carbocycles. The number of hydrogen-bond acceptors (Lipinski definition) is 4. The van der Waals surface area contributed by atoms with Gasteiger partial charge in [0.2, 0.25) is 0 Å². The Balaban J connectivity index is 1.85. The molecule has 1 aromatic carbocycles. The Morgan fingerprint density at radius 3 is 2.67 bits per heavy atom. The van der Waals surface area contributed by atoms with Gasteiger partial charge >= 0.3 is 0 Å². The third kappa shape index (κ3) is 4.47. The zero-order chi connectivity index (χ0) is 15.3. The summed E-state index contributed by atoms with van der Waals surface area (Å²) in [5, 5.41) is 8.96. The number of unbranched alkanes of at least 4 members (excludes halogenated alkanes) is 1. The lowest BCUT2D eigenvalue weighted by atomic mass is 9.89. The third-order valence-corrected chi connectivity index (χ3v) is 4.90. The van der Waals surface area contributed by atoms with Crippen molar-refractivity contribution in [1.29, 1.82) is 5.26 Å². The van der Waals surface area contributed by atoms with Crippen LogP contribution in [0.2, 0.25) is 0 Å². The first-order chi connectivity index (χ1) is 10.0. The van der Waals surface area contributed by atoms with Crippen LogP contribution in [0.1, 0.15) is 33.1 Å². The van der Waals surface area contributed by atoms with E-state index in [1.807, 2.05) is 32.0 Å². The normalized spacial score (nSPS) is 15.3. The van der Waals surface area contributed by atoms with E-state index in [1.165, 1.54) is 0 Å². The van der Waals surface area contributed by atoms with E-state index in [2.05, 4.69) is 6.07 Å². The summed E-state index contributed by atoms with van der Waals surface area (Å²) >= 11 is 0. The van der Waals surface area contributed by atoms with E-state index in [1.54, 1.807) is 0 Å². The zero-order valence-electron chi connectivity index (χ0n) is 12.6. The highest BCUT2D eigenvalue weighted by atomic mass is 32.2. The van der Waals surface area contributed by atoms with Gasteiger partial charge in [0.25, 0.3) is 0 Å². The molecule has 0 aromatic heterocycles.